The van der Waals surface area contributed by atoms with Gasteiger partial charge in [-0.05, 0) is 101 Å². The second-order valence-corrected chi connectivity index (χ2v) is 18.8. The Hall–Kier alpha value is -1.05. The van der Waals surface area contributed by atoms with E-state index in [1.807, 2.05) is 53.6 Å². The number of nitrogens with zero attached hydrogens (tertiary/aromatic N) is 2. The van der Waals surface area contributed by atoms with Crippen molar-refractivity contribution in [3.05, 3.63) is 0 Å². The minimum Gasteiger partial charge on any atom is -0.459 e. The highest BCUT2D eigenvalue weighted by molar-refractivity contribution is 5.73. The molecule has 18 atom stereocenters. The number of rotatable bonds is 9. The average Bonchev–Trinajstić information content (AvgIpc) is 3.58. The summed E-state index contributed by atoms with van der Waals surface area (Å²) in [5.74, 6) is -2.52. The Balaban J connectivity index is 1.79. The van der Waals surface area contributed by atoms with Gasteiger partial charge >= 0.3 is 5.97 Å². The van der Waals surface area contributed by atoms with E-state index in [2.05, 4.69) is 17.1 Å². The molecule has 0 radical (unpaired) electrons. The second kappa shape index (κ2) is 19.3. The van der Waals surface area contributed by atoms with Crippen molar-refractivity contribution in [2.75, 3.05) is 47.6 Å². The van der Waals surface area contributed by atoms with Crippen molar-refractivity contribution < 1.29 is 58.4 Å². The molecule has 0 amide bonds. The van der Waals surface area contributed by atoms with E-state index in [9.17, 15) is 25.2 Å². The third kappa shape index (κ3) is 10.4. The maximum absolute atomic E-state index is 14.4. The van der Waals surface area contributed by atoms with Gasteiger partial charge in [0.05, 0.1) is 35.9 Å². The normalized spacial score (nSPS) is 48.8. The second-order valence-electron chi connectivity index (χ2n) is 18.8. The van der Waals surface area contributed by atoms with E-state index in [0.29, 0.717) is 26.2 Å². The molecular weight excluding hydrogens is 738 g/mol. The zero-order valence-corrected chi connectivity index (χ0v) is 37.4. The molecule has 0 aromatic heterocycles. The maximum Gasteiger partial charge on any atom is 0.311 e. The van der Waals surface area contributed by atoms with E-state index >= 15 is 0 Å². The van der Waals surface area contributed by atoms with Crippen LogP contribution in [0.3, 0.4) is 0 Å². The van der Waals surface area contributed by atoms with Crippen molar-refractivity contribution in [3.63, 3.8) is 0 Å². The Kier molecular flexibility index (Phi) is 16.5. The topological polar surface area (TPSA) is 181 Å². The van der Waals surface area contributed by atoms with Crippen LogP contribution < -0.4 is 5.32 Å². The fraction of sp³-hybridized carbons (Fsp3) is 0.976. The molecule has 4 rings (SSSR count). The Morgan fingerprint density at radius 1 is 0.982 bits per heavy atom. The van der Waals surface area contributed by atoms with Crippen LogP contribution in [0.5, 0.6) is 0 Å². The molecule has 1 spiro atoms. The van der Waals surface area contributed by atoms with Crippen molar-refractivity contribution >= 4 is 5.97 Å². The van der Waals surface area contributed by atoms with Crippen LogP contribution in [0.2, 0.25) is 0 Å². The highest BCUT2D eigenvalue weighted by Gasteiger charge is 2.62. The first kappa shape index (κ1) is 48.6. The van der Waals surface area contributed by atoms with E-state index in [-0.39, 0.29) is 37.3 Å². The predicted molar refractivity (Wildman–Crippen MR) is 214 cm³/mol. The molecule has 2 unspecified atom stereocenters. The van der Waals surface area contributed by atoms with Crippen LogP contribution in [-0.4, -0.2) is 174 Å². The summed E-state index contributed by atoms with van der Waals surface area (Å²) in [7, 11) is 5.46. The van der Waals surface area contributed by atoms with Crippen molar-refractivity contribution in [1.29, 1.82) is 0 Å². The zero-order valence-electron chi connectivity index (χ0n) is 37.4. The van der Waals surface area contributed by atoms with Crippen LogP contribution in [-0.2, 0) is 38.0 Å². The summed E-state index contributed by atoms with van der Waals surface area (Å²) in [6, 6.07) is -0.846. The van der Waals surface area contributed by atoms with Gasteiger partial charge in [0.25, 0.3) is 0 Å². The first-order valence-electron chi connectivity index (χ1n) is 21.4. The third-order valence-corrected chi connectivity index (χ3v) is 13.7. The highest BCUT2D eigenvalue weighted by atomic mass is 16.7. The summed E-state index contributed by atoms with van der Waals surface area (Å²) < 4.78 is 45.6. The number of likely N-dealkylation sites (N-methyl/N-ethyl adjacent to an activating group) is 1. The zero-order chi connectivity index (χ0) is 42.8. The third-order valence-electron chi connectivity index (χ3n) is 13.7. The molecule has 4 aliphatic rings. The van der Waals surface area contributed by atoms with Gasteiger partial charge in [-0.1, -0.05) is 27.7 Å². The van der Waals surface area contributed by atoms with E-state index in [0.717, 1.165) is 13.0 Å². The Labute approximate surface area is 342 Å². The van der Waals surface area contributed by atoms with Gasteiger partial charge in [0.1, 0.15) is 41.8 Å². The molecule has 15 nitrogen and oxygen atoms in total. The molecule has 0 aromatic carbocycles. The number of esters is 1. The Morgan fingerprint density at radius 2 is 1.65 bits per heavy atom. The minimum atomic E-state index is -1.79. The van der Waals surface area contributed by atoms with Gasteiger partial charge < -0.3 is 63.8 Å². The molecule has 4 aliphatic heterocycles. The fourth-order valence-electron chi connectivity index (χ4n) is 10.1. The van der Waals surface area contributed by atoms with Crippen molar-refractivity contribution in [2.24, 2.45) is 17.8 Å². The van der Waals surface area contributed by atoms with Gasteiger partial charge in [0, 0.05) is 44.6 Å². The summed E-state index contributed by atoms with van der Waals surface area (Å²) in [5.41, 5.74) is -4.96. The van der Waals surface area contributed by atoms with Crippen LogP contribution >= 0.6 is 0 Å². The SMILES string of the molecule is CCCN1COC2(C1)[C@H](C)OC(O[C@@H]1[C@@H](C)[C@@H](O[C@@H]3O[C@H](C)C[C@H](N(C)C)[C@H]3O)[C@@](C)(O)C[C@@H](C)CN[C@@H](C)[C@@H](O)[C@](C)(O)[C@H](CC)OC(=O)[C@@H]1C)C[C@@]2(C)OC. The summed E-state index contributed by atoms with van der Waals surface area (Å²) >= 11 is 0. The quantitative estimate of drug-likeness (QED) is 0.214. The first-order chi connectivity index (χ1) is 26.5. The van der Waals surface area contributed by atoms with Crippen molar-refractivity contribution in [3.8, 4) is 0 Å². The molecule has 5 N–H and O–H groups in total. The standard InChI is InChI=1S/C42H79N3O12/c1-15-17-45-22-42(52-23-45)29(8)54-32(20-40(42,10)51-14)56-34-26(5)36(57-38-33(46)30(44(12)13)18-25(4)53-38)39(9,49)19-24(3)21-43-28(7)35(47)41(11,50)31(16-2)55-37(48)27(34)6/h24-36,38,43,46-47,49-50H,15-23H2,1-14H3/t24-,25-,26-,27-,28+,29+,30+,31+,32?,33-,34-,35-,36-,38+,39+,40-,41-,42?/m1/s1. The van der Waals surface area contributed by atoms with E-state index in [1.165, 1.54) is 6.92 Å². The molecule has 0 saturated carbocycles. The predicted octanol–water partition coefficient (Wildman–Crippen LogP) is 2.64. The van der Waals surface area contributed by atoms with Crippen LogP contribution in [0.25, 0.3) is 0 Å². The molecule has 4 heterocycles. The van der Waals surface area contributed by atoms with Gasteiger partial charge in [0.2, 0.25) is 0 Å². The van der Waals surface area contributed by atoms with E-state index in [1.54, 1.807) is 34.8 Å². The maximum atomic E-state index is 14.4. The monoisotopic (exact) mass is 818 g/mol. The lowest BCUT2D eigenvalue weighted by atomic mass is 9.75. The van der Waals surface area contributed by atoms with E-state index in [4.69, 9.17) is 33.2 Å². The molecule has 334 valence electrons. The summed E-state index contributed by atoms with van der Waals surface area (Å²) in [5, 5.41) is 50.7. The van der Waals surface area contributed by atoms with Gasteiger partial charge in [-0.25, -0.2) is 0 Å². The Bertz CT molecular complexity index is 1290. The lowest BCUT2D eigenvalue weighted by Crippen LogP contribution is -2.68. The van der Waals surface area contributed by atoms with Crippen LogP contribution in [0.4, 0.5) is 0 Å². The number of aliphatic hydroxyl groups is 4. The van der Waals surface area contributed by atoms with Gasteiger partial charge in [-0.2, -0.15) is 0 Å². The van der Waals surface area contributed by atoms with Crippen LogP contribution in [0, 0.1) is 17.8 Å². The van der Waals surface area contributed by atoms with Crippen LogP contribution in [0.15, 0.2) is 0 Å². The Morgan fingerprint density at radius 3 is 2.25 bits per heavy atom. The number of carbonyl (C=O) groups is 1. The molecular formula is C42H79N3O12. The van der Waals surface area contributed by atoms with Gasteiger partial charge in [0.15, 0.2) is 12.6 Å². The summed E-state index contributed by atoms with van der Waals surface area (Å²) in [6.07, 6.45) is -5.77. The number of ether oxygens (including phenoxy) is 7. The smallest absolute Gasteiger partial charge is 0.311 e. The molecule has 4 fully saturated rings. The fourth-order valence-corrected chi connectivity index (χ4v) is 10.1. The molecule has 57 heavy (non-hydrogen) atoms. The number of aliphatic hydroxyl groups excluding tert-OH is 2. The lowest BCUT2D eigenvalue weighted by molar-refractivity contribution is -0.335. The van der Waals surface area contributed by atoms with Crippen molar-refractivity contribution in [1.82, 2.24) is 15.1 Å². The number of hydrogen-bond donors (Lipinski definition) is 5. The number of cyclic esters (lactones) is 1. The number of nitrogens with one attached hydrogen (secondary N) is 1. The number of carbonyl (C=O) groups excluding carboxylic acids is 1. The molecule has 15 heteroatoms. The summed E-state index contributed by atoms with van der Waals surface area (Å²) in [6.45, 7) is 22.6. The summed E-state index contributed by atoms with van der Waals surface area (Å²) in [4.78, 5) is 18.6. The lowest BCUT2D eigenvalue weighted by Gasteiger charge is -2.54. The molecule has 4 saturated heterocycles. The molecule has 0 aromatic rings. The molecule has 0 bridgehead atoms. The minimum absolute atomic E-state index is 0.148. The van der Waals surface area contributed by atoms with Crippen LogP contribution in [0.1, 0.15) is 108 Å². The molecule has 0 aliphatic carbocycles. The van der Waals surface area contributed by atoms with Crippen molar-refractivity contribution in [2.45, 2.75) is 198 Å². The largest absolute Gasteiger partial charge is 0.459 e. The first-order valence-corrected chi connectivity index (χ1v) is 21.4. The average molecular weight is 818 g/mol. The van der Waals surface area contributed by atoms with E-state index < -0.39 is 95.5 Å². The highest BCUT2D eigenvalue weighted by Crippen LogP contribution is 2.47. The van der Waals surface area contributed by atoms with Gasteiger partial charge in [-0.15, -0.1) is 0 Å². The number of hydrogen-bond acceptors (Lipinski definition) is 15. The number of methoxy groups -OCH3 is 1. The van der Waals surface area contributed by atoms with Gasteiger partial charge in [-0.3, -0.25) is 9.69 Å².